The predicted molar refractivity (Wildman–Crippen MR) is 138 cm³/mol. The Bertz CT molecular complexity index is 1350. The zero-order chi connectivity index (χ0) is 24.2. The fraction of sp³-hybridized carbons (Fsp3) is 0.179. The second kappa shape index (κ2) is 10.7. The molecule has 7 heteroatoms. The second-order valence-corrected chi connectivity index (χ2v) is 8.19. The highest BCUT2D eigenvalue weighted by atomic mass is 16.2. The number of carbonyl (C=O) groups is 2. The number of hydrogen-bond donors (Lipinski definition) is 2. The smallest absolute Gasteiger partial charge is 0.251 e. The number of amides is 2. The molecule has 0 unspecified atom stereocenters. The molecule has 0 saturated heterocycles. The normalized spacial score (nSPS) is 11.3. The number of nitrogens with one attached hydrogen (secondary N) is 1. The summed E-state index contributed by atoms with van der Waals surface area (Å²) < 4.78 is 0. The minimum atomic E-state index is -0.534. The number of hydrogen-bond acceptors (Lipinski definition) is 5. The largest absolute Gasteiger partial charge is 0.366 e. The van der Waals surface area contributed by atoms with Crippen LogP contribution in [0.3, 0.4) is 0 Å². The Morgan fingerprint density at radius 1 is 0.886 bits per heavy atom. The van der Waals surface area contributed by atoms with E-state index in [-0.39, 0.29) is 19.4 Å². The minimum Gasteiger partial charge on any atom is -0.366 e. The number of benzene rings is 2. The summed E-state index contributed by atoms with van der Waals surface area (Å²) in [6.45, 7) is 5.65. The third-order valence-electron chi connectivity index (χ3n) is 5.55. The van der Waals surface area contributed by atoms with E-state index in [4.69, 9.17) is 5.73 Å². The monoisotopic (exact) mass is 467 g/mol. The summed E-state index contributed by atoms with van der Waals surface area (Å²) in [6, 6.07) is 16.1. The summed E-state index contributed by atoms with van der Waals surface area (Å²) >= 11 is 0. The lowest BCUT2D eigenvalue weighted by molar-refractivity contribution is 0.0939. The Morgan fingerprint density at radius 3 is 2.23 bits per heavy atom. The Kier molecular flexibility index (Phi) is 7.71. The molecule has 3 N–H and O–H groups in total. The van der Waals surface area contributed by atoms with Crippen molar-refractivity contribution in [2.24, 2.45) is 5.73 Å². The van der Waals surface area contributed by atoms with E-state index in [2.05, 4.69) is 20.3 Å². The Labute approximate surface area is 205 Å². The molecule has 4 aromatic rings. The van der Waals surface area contributed by atoms with Crippen LogP contribution in [0.25, 0.3) is 22.4 Å². The van der Waals surface area contributed by atoms with Crippen LogP contribution in [0.15, 0.2) is 73.2 Å². The molecule has 2 amide bonds. The van der Waals surface area contributed by atoms with Crippen molar-refractivity contribution in [1.29, 1.82) is 0 Å². The van der Waals surface area contributed by atoms with Crippen LogP contribution in [-0.4, -0.2) is 26.8 Å². The highest BCUT2D eigenvalue weighted by Gasteiger charge is 2.17. The van der Waals surface area contributed by atoms with Crippen LogP contribution >= 0.6 is 0 Å². The van der Waals surface area contributed by atoms with E-state index in [1.54, 1.807) is 42.9 Å². The van der Waals surface area contributed by atoms with E-state index in [0.717, 1.165) is 22.4 Å². The van der Waals surface area contributed by atoms with E-state index < -0.39 is 5.91 Å². The van der Waals surface area contributed by atoms with Gasteiger partial charge in [-0.05, 0) is 67.8 Å². The highest BCUT2D eigenvalue weighted by Crippen LogP contribution is 2.30. The third kappa shape index (κ3) is 5.76. The minimum absolute atomic E-state index is 0. The van der Waals surface area contributed by atoms with E-state index >= 15 is 0 Å². The van der Waals surface area contributed by atoms with Gasteiger partial charge < -0.3 is 11.1 Å². The molecule has 0 bridgehead atoms. The SMILES string of the molecule is C.Cc1ccc(-c2cc(C(=O)N[C@H](C)c3cnc(C)nc3)cc(-c3ccccc3C(N)=O)c2)nc1. The number of aryl methyl sites for hydroxylation is 2. The standard InChI is InChI=1S/C27H25N5O2.CH4/c1-16-8-9-25(31-13-16)20-10-19(23-6-4-5-7-24(23)26(28)33)11-21(12-20)27(34)32-17(2)22-14-29-18(3)30-15-22;/h4-15,17H,1-3H3,(H2,28,33)(H,32,34);1H4/t17-;/m1./s1. The molecule has 2 heterocycles. The van der Waals surface area contributed by atoms with Crippen molar-refractivity contribution in [3.05, 3.63) is 101 Å². The molecule has 7 nitrogen and oxygen atoms in total. The van der Waals surface area contributed by atoms with Crippen LogP contribution < -0.4 is 11.1 Å². The van der Waals surface area contributed by atoms with E-state index in [0.29, 0.717) is 28.1 Å². The number of nitrogens with zero attached hydrogens (tertiary/aromatic N) is 3. The highest BCUT2D eigenvalue weighted by molar-refractivity contribution is 6.02. The third-order valence-corrected chi connectivity index (χ3v) is 5.55. The van der Waals surface area contributed by atoms with Gasteiger partial charge in [0.15, 0.2) is 0 Å². The van der Waals surface area contributed by atoms with Gasteiger partial charge in [-0.2, -0.15) is 0 Å². The molecule has 35 heavy (non-hydrogen) atoms. The van der Waals surface area contributed by atoms with Crippen LogP contribution in [0.5, 0.6) is 0 Å². The maximum absolute atomic E-state index is 13.3. The summed E-state index contributed by atoms with van der Waals surface area (Å²) in [5.74, 6) is -0.133. The van der Waals surface area contributed by atoms with E-state index in [9.17, 15) is 9.59 Å². The molecule has 0 aliphatic carbocycles. The first-order valence-corrected chi connectivity index (χ1v) is 10.9. The van der Waals surface area contributed by atoms with Crippen LogP contribution in [0.1, 0.15) is 58.1 Å². The molecule has 4 rings (SSSR count). The van der Waals surface area contributed by atoms with Crippen molar-refractivity contribution in [3.63, 3.8) is 0 Å². The number of rotatable bonds is 6. The van der Waals surface area contributed by atoms with Crippen molar-refractivity contribution >= 4 is 11.8 Å². The molecule has 0 aliphatic rings. The molecule has 0 radical (unpaired) electrons. The Balaban J connectivity index is 0.00000342. The Hall–Kier alpha value is -4.39. The van der Waals surface area contributed by atoms with Crippen LogP contribution in [0, 0.1) is 13.8 Å². The molecule has 2 aromatic carbocycles. The summed E-state index contributed by atoms with van der Waals surface area (Å²) in [5, 5.41) is 3.00. The van der Waals surface area contributed by atoms with E-state index in [1.807, 2.05) is 51.1 Å². The van der Waals surface area contributed by atoms with Crippen molar-refractivity contribution in [2.75, 3.05) is 0 Å². The fourth-order valence-corrected chi connectivity index (χ4v) is 3.64. The molecule has 0 aliphatic heterocycles. The summed E-state index contributed by atoms with van der Waals surface area (Å²) in [6.07, 6.45) is 5.18. The predicted octanol–water partition coefficient (Wildman–Crippen LogP) is 5.05. The first-order valence-electron chi connectivity index (χ1n) is 10.9. The topological polar surface area (TPSA) is 111 Å². The van der Waals surface area contributed by atoms with Crippen molar-refractivity contribution in [3.8, 4) is 22.4 Å². The van der Waals surface area contributed by atoms with Gasteiger partial charge in [-0.15, -0.1) is 0 Å². The summed E-state index contributed by atoms with van der Waals surface area (Å²) in [7, 11) is 0. The van der Waals surface area contributed by atoms with Gasteiger partial charge in [0.25, 0.3) is 5.91 Å². The van der Waals surface area contributed by atoms with Gasteiger partial charge in [-0.1, -0.05) is 31.7 Å². The van der Waals surface area contributed by atoms with Crippen LogP contribution in [-0.2, 0) is 0 Å². The van der Waals surface area contributed by atoms with Crippen molar-refractivity contribution < 1.29 is 9.59 Å². The number of carbonyl (C=O) groups excluding carboxylic acids is 2. The maximum atomic E-state index is 13.3. The lowest BCUT2D eigenvalue weighted by Crippen LogP contribution is -2.27. The zero-order valence-electron chi connectivity index (χ0n) is 19.2. The molecule has 2 aromatic heterocycles. The van der Waals surface area contributed by atoms with Crippen molar-refractivity contribution in [1.82, 2.24) is 20.3 Å². The molecular formula is C28H29N5O2. The zero-order valence-corrected chi connectivity index (χ0v) is 19.2. The molecule has 0 spiro atoms. The molecule has 0 fully saturated rings. The van der Waals surface area contributed by atoms with Gasteiger partial charge in [-0.3, -0.25) is 14.6 Å². The molecule has 178 valence electrons. The summed E-state index contributed by atoms with van der Waals surface area (Å²) in [4.78, 5) is 38.3. The number of primary amides is 1. The number of nitrogens with two attached hydrogens (primary N) is 1. The van der Waals surface area contributed by atoms with Gasteiger partial charge in [0.2, 0.25) is 5.91 Å². The summed E-state index contributed by atoms with van der Waals surface area (Å²) in [5.41, 5.74) is 11.1. The lowest BCUT2D eigenvalue weighted by Gasteiger charge is -2.16. The first kappa shape index (κ1) is 25.2. The van der Waals surface area contributed by atoms with Crippen molar-refractivity contribution in [2.45, 2.75) is 34.2 Å². The number of aromatic nitrogens is 3. The van der Waals surface area contributed by atoms with Gasteiger partial charge in [0.05, 0.1) is 11.7 Å². The molecule has 1 atom stereocenters. The Morgan fingerprint density at radius 2 is 1.57 bits per heavy atom. The maximum Gasteiger partial charge on any atom is 0.251 e. The van der Waals surface area contributed by atoms with Gasteiger partial charge in [0, 0.05) is 40.8 Å². The van der Waals surface area contributed by atoms with Gasteiger partial charge in [-0.25, -0.2) is 9.97 Å². The second-order valence-electron chi connectivity index (χ2n) is 8.19. The average molecular weight is 468 g/mol. The van der Waals surface area contributed by atoms with Gasteiger partial charge in [0.1, 0.15) is 5.82 Å². The molecule has 0 saturated carbocycles. The van der Waals surface area contributed by atoms with E-state index in [1.165, 1.54) is 0 Å². The quantitative estimate of drug-likeness (QED) is 0.412. The van der Waals surface area contributed by atoms with Crippen LogP contribution in [0.4, 0.5) is 0 Å². The fourth-order valence-electron chi connectivity index (χ4n) is 3.64. The first-order chi connectivity index (χ1) is 16.3. The molecular weight excluding hydrogens is 438 g/mol. The average Bonchev–Trinajstić information content (AvgIpc) is 2.84. The number of pyridine rings is 1. The van der Waals surface area contributed by atoms with Crippen LogP contribution in [0.2, 0.25) is 0 Å². The lowest BCUT2D eigenvalue weighted by atomic mass is 9.94. The van der Waals surface area contributed by atoms with Gasteiger partial charge >= 0.3 is 0 Å².